The number of benzene rings is 1. The number of nitrogens with zero attached hydrogens (tertiary/aromatic N) is 1. The molecule has 1 aromatic rings. The molecular formula is C13H17NO3. The van der Waals surface area contributed by atoms with Crippen molar-refractivity contribution in [1.82, 2.24) is 4.90 Å². The third kappa shape index (κ3) is 1.52. The molecule has 0 bridgehead atoms. The van der Waals surface area contributed by atoms with Crippen molar-refractivity contribution in [3.63, 3.8) is 0 Å². The lowest BCUT2D eigenvalue weighted by Crippen LogP contribution is -2.56. The van der Waals surface area contributed by atoms with Crippen molar-refractivity contribution >= 4 is 5.97 Å². The number of para-hydroxylation sites is 1. The normalized spacial score (nSPS) is 27.4. The molecule has 0 aromatic heterocycles. The van der Waals surface area contributed by atoms with E-state index in [1.807, 2.05) is 31.2 Å². The van der Waals surface area contributed by atoms with E-state index in [0.29, 0.717) is 12.4 Å². The summed E-state index contributed by atoms with van der Waals surface area (Å²) in [5.74, 6) is -0.266. The minimum atomic E-state index is -1.01. The van der Waals surface area contributed by atoms with E-state index < -0.39 is 11.5 Å². The van der Waals surface area contributed by atoms with Gasteiger partial charge in [-0.3, -0.25) is 4.90 Å². The van der Waals surface area contributed by atoms with Gasteiger partial charge in [0.05, 0.1) is 6.61 Å². The fourth-order valence-electron chi connectivity index (χ4n) is 2.71. The number of fused-ring (bicyclic) bond motifs is 1. The van der Waals surface area contributed by atoms with E-state index in [4.69, 9.17) is 4.74 Å². The number of carboxylic acid groups (broad SMARTS) is 1. The fraction of sp³-hybridized carbons (Fsp3) is 0.462. The lowest BCUT2D eigenvalue weighted by atomic mass is 9.76. The van der Waals surface area contributed by atoms with Crippen molar-refractivity contribution in [3.8, 4) is 5.75 Å². The molecule has 0 radical (unpaired) electrons. The molecule has 1 aliphatic heterocycles. The monoisotopic (exact) mass is 235 g/mol. The predicted molar refractivity (Wildman–Crippen MR) is 64.1 cm³/mol. The summed E-state index contributed by atoms with van der Waals surface area (Å²) in [5.41, 5.74) is -0.272. The first kappa shape index (κ1) is 11.9. The molecule has 2 atom stereocenters. The van der Waals surface area contributed by atoms with Gasteiger partial charge < -0.3 is 9.84 Å². The zero-order valence-corrected chi connectivity index (χ0v) is 10.3. The van der Waals surface area contributed by atoms with E-state index >= 15 is 0 Å². The Morgan fingerprint density at radius 1 is 1.47 bits per heavy atom. The third-order valence-corrected chi connectivity index (χ3v) is 3.53. The van der Waals surface area contributed by atoms with Crippen LogP contribution >= 0.6 is 0 Å². The average Bonchev–Trinajstić information content (AvgIpc) is 2.28. The molecule has 0 saturated carbocycles. The van der Waals surface area contributed by atoms with Crippen LogP contribution in [0.1, 0.15) is 12.5 Å². The first-order valence-electron chi connectivity index (χ1n) is 5.64. The van der Waals surface area contributed by atoms with Gasteiger partial charge in [-0.1, -0.05) is 25.1 Å². The van der Waals surface area contributed by atoms with E-state index in [-0.39, 0.29) is 5.92 Å². The first-order valence-corrected chi connectivity index (χ1v) is 5.64. The summed E-state index contributed by atoms with van der Waals surface area (Å²) in [4.78, 5) is 13.6. The molecule has 0 saturated heterocycles. The van der Waals surface area contributed by atoms with Crippen molar-refractivity contribution in [2.75, 3.05) is 20.7 Å². The van der Waals surface area contributed by atoms with E-state index in [1.54, 1.807) is 19.0 Å². The van der Waals surface area contributed by atoms with Gasteiger partial charge in [-0.15, -0.1) is 0 Å². The zero-order valence-electron chi connectivity index (χ0n) is 10.3. The molecule has 1 aliphatic rings. The van der Waals surface area contributed by atoms with Crippen LogP contribution in [-0.2, 0) is 10.3 Å². The summed E-state index contributed by atoms with van der Waals surface area (Å²) in [7, 11) is 3.60. The number of aliphatic carboxylic acids is 1. The largest absolute Gasteiger partial charge is 0.493 e. The number of ether oxygens (including phenoxy) is 1. The zero-order chi connectivity index (χ0) is 12.6. The topological polar surface area (TPSA) is 49.8 Å². The van der Waals surface area contributed by atoms with E-state index in [1.165, 1.54) is 0 Å². The van der Waals surface area contributed by atoms with Crippen LogP contribution in [-0.4, -0.2) is 36.7 Å². The van der Waals surface area contributed by atoms with Gasteiger partial charge in [-0.2, -0.15) is 0 Å². The van der Waals surface area contributed by atoms with E-state index in [2.05, 4.69) is 0 Å². The number of likely N-dealkylation sites (N-methyl/N-ethyl adjacent to an activating group) is 1. The van der Waals surface area contributed by atoms with Gasteiger partial charge in [0.15, 0.2) is 5.54 Å². The standard InChI is InChI=1S/C13H17NO3/c1-9-8-17-11-7-5-4-6-10(11)13(9,12(15)16)14(2)3/h4-7,9H,8H2,1-3H3,(H,15,16). The molecule has 2 unspecified atom stereocenters. The van der Waals surface area contributed by atoms with Gasteiger partial charge in [0.1, 0.15) is 5.75 Å². The Kier molecular flexibility index (Phi) is 2.83. The first-order chi connectivity index (χ1) is 8.01. The maximum atomic E-state index is 11.8. The highest BCUT2D eigenvalue weighted by Gasteiger charge is 2.51. The number of hydrogen-bond donors (Lipinski definition) is 1. The highest BCUT2D eigenvalue weighted by molar-refractivity contribution is 5.82. The number of hydrogen-bond acceptors (Lipinski definition) is 3. The van der Waals surface area contributed by atoms with Crippen LogP contribution in [0.25, 0.3) is 0 Å². The smallest absolute Gasteiger partial charge is 0.329 e. The van der Waals surface area contributed by atoms with Crippen LogP contribution in [0.15, 0.2) is 24.3 Å². The van der Waals surface area contributed by atoms with Crippen molar-refractivity contribution in [2.24, 2.45) is 5.92 Å². The lowest BCUT2D eigenvalue weighted by molar-refractivity contribution is -0.157. The summed E-state index contributed by atoms with van der Waals surface area (Å²) >= 11 is 0. The van der Waals surface area contributed by atoms with Crippen LogP contribution in [0.2, 0.25) is 0 Å². The van der Waals surface area contributed by atoms with Gasteiger partial charge in [0, 0.05) is 11.5 Å². The molecule has 1 aromatic carbocycles. The number of carboxylic acids is 1. The van der Waals surface area contributed by atoms with Crippen molar-refractivity contribution in [1.29, 1.82) is 0 Å². The molecule has 1 N–H and O–H groups in total. The van der Waals surface area contributed by atoms with Crippen molar-refractivity contribution in [3.05, 3.63) is 29.8 Å². The summed E-state index contributed by atoms with van der Waals surface area (Å²) in [6, 6.07) is 7.36. The molecular weight excluding hydrogens is 218 g/mol. The second kappa shape index (κ2) is 4.04. The predicted octanol–water partition coefficient (Wildman–Crippen LogP) is 1.56. The van der Waals surface area contributed by atoms with Gasteiger partial charge >= 0.3 is 5.97 Å². The molecule has 4 heteroatoms. The molecule has 92 valence electrons. The lowest BCUT2D eigenvalue weighted by Gasteiger charge is -2.44. The molecule has 1 heterocycles. The molecule has 2 rings (SSSR count). The SMILES string of the molecule is CC1COc2ccccc2C1(C(=O)O)N(C)C. The van der Waals surface area contributed by atoms with Crippen molar-refractivity contribution < 1.29 is 14.6 Å². The quantitative estimate of drug-likeness (QED) is 0.845. The second-order valence-electron chi connectivity index (χ2n) is 4.67. The minimum Gasteiger partial charge on any atom is -0.493 e. The van der Waals surface area contributed by atoms with Gasteiger partial charge in [0.25, 0.3) is 0 Å². The third-order valence-electron chi connectivity index (χ3n) is 3.53. The maximum absolute atomic E-state index is 11.8. The maximum Gasteiger partial charge on any atom is 0.329 e. The molecule has 4 nitrogen and oxygen atoms in total. The Labute approximate surface area is 101 Å². The highest BCUT2D eigenvalue weighted by Crippen LogP contribution is 2.43. The summed E-state index contributed by atoms with van der Waals surface area (Å²) in [6.45, 7) is 2.32. The Balaban J connectivity index is 2.68. The Bertz CT molecular complexity index is 444. The summed E-state index contributed by atoms with van der Waals surface area (Å²) < 4.78 is 5.60. The molecule has 0 fully saturated rings. The van der Waals surface area contributed by atoms with Crippen LogP contribution in [0, 0.1) is 5.92 Å². The number of carbonyl (C=O) groups is 1. The van der Waals surface area contributed by atoms with Crippen LogP contribution in [0.5, 0.6) is 5.75 Å². The Morgan fingerprint density at radius 2 is 2.12 bits per heavy atom. The fourth-order valence-corrected chi connectivity index (χ4v) is 2.71. The van der Waals surface area contributed by atoms with Gasteiger partial charge in [-0.25, -0.2) is 4.79 Å². The van der Waals surface area contributed by atoms with Crippen LogP contribution < -0.4 is 4.74 Å². The van der Waals surface area contributed by atoms with Crippen LogP contribution in [0.4, 0.5) is 0 Å². The number of rotatable bonds is 2. The average molecular weight is 235 g/mol. The van der Waals surface area contributed by atoms with Gasteiger partial charge in [-0.05, 0) is 20.2 Å². The van der Waals surface area contributed by atoms with Crippen molar-refractivity contribution in [2.45, 2.75) is 12.5 Å². The molecule has 17 heavy (non-hydrogen) atoms. The van der Waals surface area contributed by atoms with Crippen LogP contribution in [0.3, 0.4) is 0 Å². The Morgan fingerprint density at radius 3 is 2.71 bits per heavy atom. The molecule has 0 amide bonds. The van der Waals surface area contributed by atoms with E-state index in [0.717, 1.165) is 5.56 Å². The van der Waals surface area contributed by atoms with E-state index in [9.17, 15) is 9.90 Å². The Hall–Kier alpha value is -1.55. The molecule has 0 aliphatic carbocycles. The highest BCUT2D eigenvalue weighted by atomic mass is 16.5. The summed E-state index contributed by atoms with van der Waals surface area (Å²) in [5, 5.41) is 9.68. The second-order valence-corrected chi connectivity index (χ2v) is 4.67. The minimum absolute atomic E-state index is 0.107. The molecule has 0 spiro atoms. The van der Waals surface area contributed by atoms with Gasteiger partial charge in [0.2, 0.25) is 0 Å². The summed E-state index contributed by atoms with van der Waals surface area (Å²) in [6.07, 6.45) is 0.